The minimum absolute atomic E-state index is 0.166. The Bertz CT molecular complexity index is 222. The Morgan fingerprint density at radius 3 is 3.20 bits per heavy atom. The Balaban J connectivity index is 2.22. The van der Waals surface area contributed by atoms with Crippen LogP contribution in [-0.2, 0) is 4.74 Å². The summed E-state index contributed by atoms with van der Waals surface area (Å²) in [5.41, 5.74) is 5.26. The van der Waals surface area contributed by atoms with Gasteiger partial charge >= 0.3 is 6.02 Å². The van der Waals surface area contributed by atoms with Gasteiger partial charge in [0.15, 0.2) is 0 Å². The monoisotopic (exact) mass is 141 g/mol. The van der Waals surface area contributed by atoms with Gasteiger partial charge in [0, 0.05) is 0 Å². The van der Waals surface area contributed by atoms with Crippen LogP contribution in [0.15, 0.2) is 17.2 Å². The quantitative estimate of drug-likeness (QED) is 0.401. The van der Waals surface area contributed by atoms with Crippen molar-refractivity contribution in [2.45, 2.75) is 0 Å². The maximum atomic E-state index is 5.40. The van der Waals surface area contributed by atoms with Crippen LogP contribution in [-0.4, -0.2) is 22.7 Å². The highest BCUT2D eigenvalue weighted by Gasteiger charge is 2.26. The van der Waals surface area contributed by atoms with E-state index < -0.39 is 0 Å². The van der Waals surface area contributed by atoms with E-state index in [4.69, 9.17) is 16.3 Å². The smallest absolute Gasteiger partial charge is 0.311 e. The van der Waals surface area contributed by atoms with Crippen LogP contribution in [0.3, 0.4) is 0 Å². The summed E-state index contributed by atoms with van der Waals surface area (Å²) in [6.07, 6.45) is 1.63. The number of nitrogens with zero attached hydrogens (tertiary/aromatic N) is 3. The van der Waals surface area contributed by atoms with Crippen LogP contribution < -0.4 is 11.6 Å². The summed E-state index contributed by atoms with van der Waals surface area (Å²) in [4.78, 5) is 0. The largest absolute Gasteiger partial charge is 0.405 e. The van der Waals surface area contributed by atoms with E-state index in [1.165, 1.54) is 5.01 Å². The molecule has 4 N–H and O–H groups in total. The predicted octanol–water partition coefficient (Wildman–Crippen LogP) is -1.51. The third-order valence-electron chi connectivity index (χ3n) is 1.26. The van der Waals surface area contributed by atoms with Crippen molar-refractivity contribution in [3.05, 3.63) is 12.1 Å². The fourth-order valence-electron chi connectivity index (χ4n) is 0.880. The van der Waals surface area contributed by atoms with E-state index in [1.807, 2.05) is 0 Å². The van der Waals surface area contributed by atoms with Gasteiger partial charge in [0.25, 0.3) is 0 Å². The number of hydrogen-bond acceptors (Lipinski definition) is 6. The molecule has 2 rings (SSSR count). The lowest BCUT2D eigenvalue weighted by Gasteiger charge is -2.07. The van der Waals surface area contributed by atoms with Gasteiger partial charge in [-0.3, -0.25) is 5.01 Å². The molecule has 2 aliphatic rings. The topological polar surface area (TPSA) is 80.1 Å². The minimum Gasteiger partial charge on any atom is -0.405 e. The molecule has 0 aromatic rings. The second-order valence-corrected chi connectivity index (χ2v) is 2.06. The van der Waals surface area contributed by atoms with E-state index in [9.17, 15) is 0 Å². The molecule has 2 heterocycles. The van der Waals surface area contributed by atoms with Crippen LogP contribution in [0.2, 0.25) is 0 Å². The van der Waals surface area contributed by atoms with Crippen molar-refractivity contribution < 1.29 is 4.74 Å². The highest BCUT2D eigenvalue weighted by molar-refractivity contribution is 5.73. The molecule has 54 valence electrons. The summed E-state index contributed by atoms with van der Waals surface area (Å²) in [5.74, 6) is 5.98. The molecule has 0 fully saturated rings. The van der Waals surface area contributed by atoms with Crippen LogP contribution in [0.1, 0.15) is 0 Å². The maximum Gasteiger partial charge on any atom is 0.311 e. The van der Waals surface area contributed by atoms with E-state index in [0.717, 1.165) is 0 Å². The van der Waals surface area contributed by atoms with Gasteiger partial charge in [-0.05, 0) is 0 Å². The van der Waals surface area contributed by atoms with Crippen LogP contribution in [0.25, 0.3) is 0 Å². The van der Waals surface area contributed by atoms with E-state index in [0.29, 0.717) is 12.6 Å². The number of nitrogens with two attached hydrogens (primary N) is 2. The first-order valence-corrected chi connectivity index (χ1v) is 2.78. The number of hydrogen-bond donors (Lipinski definition) is 2. The second-order valence-electron chi connectivity index (χ2n) is 2.06. The second kappa shape index (κ2) is 1.54. The van der Waals surface area contributed by atoms with Crippen LogP contribution in [0.5, 0.6) is 0 Å². The molecule has 6 nitrogen and oxygen atoms in total. The molecule has 0 radical (unpaired) electrons. The highest BCUT2D eigenvalue weighted by atomic mass is 16.5. The molecule has 0 aromatic carbocycles. The van der Waals surface area contributed by atoms with Crippen molar-refractivity contribution in [1.82, 2.24) is 10.0 Å². The summed E-state index contributed by atoms with van der Waals surface area (Å²) >= 11 is 0. The van der Waals surface area contributed by atoms with Crippen LogP contribution in [0, 0.1) is 0 Å². The number of fused-ring (bicyclic) bond motifs is 1. The third kappa shape index (κ3) is 0.591. The normalized spacial score (nSPS) is 22.1. The van der Waals surface area contributed by atoms with Gasteiger partial charge in [0.1, 0.15) is 6.67 Å². The molecule has 0 atom stereocenters. The standard InChI is InChI=1S/C4H7N5O/c5-4-7-9-2-8(6)1-3(9)10-4/h1H,2,6H2,(H2,5,7). The summed E-state index contributed by atoms with van der Waals surface area (Å²) in [6, 6.07) is 0.166. The van der Waals surface area contributed by atoms with Gasteiger partial charge in [0.05, 0.1) is 6.20 Å². The molecule has 0 unspecified atom stereocenters. The van der Waals surface area contributed by atoms with Crippen LogP contribution >= 0.6 is 0 Å². The molecule has 6 heteroatoms. The minimum atomic E-state index is 0.166. The number of hydrazine groups is 1. The van der Waals surface area contributed by atoms with Crippen molar-refractivity contribution in [3.63, 3.8) is 0 Å². The molecule has 2 aliphatic heterocycles. The molecule has 0 saturated carbocycles. The zero-order valence-electron chi connectivity index (χ0n) is 5.19. The average Bonchev–Trinajstić information content (AvgIpc) is 2.21. The van der Waals surface area contributed by atoms with Gasteiger partial charge < -0.3 is 10.5 Å². The average molecular weight is 141 g/mol. The molecule has 0 aromatic heterocycles. The van der Waals surface area contributed by atoms with E-state index in [-0.39, 0.29) is 6.02 Å². The van der Waals surface area contributed by atoms with E-state index >= 15 is 0 Å². The Hall–Kier alpha value is -1.43. The predicted molar refractivity (Wildman–Crippen MR) is 33.5 cm³/mol. The first-order valence-electron chi connectivity index (χ1n) is 2.78. The maximum absolute atomic E-state index is 5.40. The van der Waals surface area contributed by atoms with Crippen molar-refractivity contribution in [1.29, 1.82) is 0 Å². The molecule has 0 amide bonds. The Labute approximate surface area is 57.3 Å². The van der Waals surface area contributed by atoms with Gasteiger partial charge in [-0.15, -0.1) is 5.10 Å². The number of rotatable bonds is 0. The molecule has 0 bridgehead atoms. The number of amidine groups is 1. The van der Waals surface area contributed by atoms with E-state index in [2.05, 4.69) is 5.10 Å². The zero-order chi connectivity index (χ0) is 7.14. The molecular weight excluding hydrogens is 134 g/mol. The van der Waals surface area contributed by atoms with Gasteiger partial charge in [0.2, 0.25) is 5.88 Å². The Morgan fingerprint density at radius 2 is 2.50 bits per heavy atom. The summed E-state index contributed by atoms with van der Waals surface area (Å²) in [6.45, 7) is 0.496. The van der Waals surface area contributed by atoms with Crippen molar-refractivity contribution in [3.8, 4) is 0 Å². The van der Waals surface area contributed by atoms with Crippen molar-refractivity contribution in [2.24, 2.45) is 16.7 Å². The SMILES string of the molecule is NC1=NN2CN(N)C=C2O1. The lowest BCUT2D eigenvalue weighted by Crippen LogP contribution is -2.28. The Morgan fingerprint density at radius 1 is 1.70 bits per heavy atom. The lowest BCUT2D eigenvalue weighted by atomic mass is 10.8. The summed E-state index contributed by atoms with van der Waals surface area (Å²) < 4.78 is 4.95. The number of hydrazone groups is 1. The summed E-state index contributed by atoms with van der Waals surface area (Å²) in [7, 11) is 0. The molecule has 0 saturated heterocycles. The fraction of sp³-hybridized carbons (Fsp3) is 0.250. The molecular formula is C4H7N5O. The lowest BCUT2D eigenvalue weighted by molar-refractivity contribution is 0.239. The zero-order valence-corrected chi connectivity index (χ0v) is 5.19. The fourth-order valence-corrected chi connectivity index (χ4v) is 0.880. The molecule has 0 aliphatic carbocycles. The highest BCUT2D eigenvalue weighted by Crippen LogP contribution is 2.19. The summed E-state index contributed by atoms with van der Waals surface area (Å²) in [5, 5.41) is 6.86. The first-order chi connectivity index (χ1) is 4.75. The molecule has 10 heavy (non-hydrogen) atoms. The van der Waals surface area contributed by atoms with Gasteiger partial charge in [-0.25, -0.2) is 10.9 Å². The molecule has 0 spiro atoms. The van der Waals surface area contributed by atoms with Gasteiger partial charge in [-0.1, -0.05) is 0 Å². The third-order valence-corrected chi connectivity index (χ3v) is 1.26. The number of ether oxygens (including phenoxy) is 1. The van der Waals surface area contributed by atoms with Gasteiger partial charge in [-0.2, -0.15) is 0 Å². The van der Waals surface area contributed by atoms with Crippen molar-refractivity contribution >= 4 is 6.02 Å². The van der Waals surface area contributed by atoms with E-state index in [1.54, 1.807) is 11.2 Å². The first kappa shape index (κ1) is 5.36. The van der Waals surface area contributed by atoms with Crippen LogP contribution in [0.4, 0.5) is 0 Å². The van der Waals surface area contributed by atoms with Crippen molar-refractivity contribution in [2.75, 3.05) is 6.67 Å². The Kier molecular flexibility index (Phi) is 0.825.